The van der Waals surface area contributed by atoms with E-state index in [9.17, 15) is 9.90 Å². The monoisotopic (exact) mass is 278 g/mol. The first kappa shape index (κ1) is 14.0. The van der Waals surface area contributed by atoms with Gasteiger partial charge in [0, 0.05) is 25.0 Å². The van der Waals surface area contributed by atoms with Crippen molar-refractivity contribution in [2.75, 3.05) is 7.11 Å². The van der Waals surface area contributed by atoms with Gasteiger partial charge >= 0.3 is 0 Å². The normalized spacial score (nSPS) is 47.8. The maximum absolute atomic E-state index is 12.5. The molecule has 2 fully saturated rings. The van der Waals surface area contributed by atoms with Gasteiger partial charge in [0.05, 0.1) is 6.10 Å². The topological polar surface area (TPSA) is 55.8 Å². The summed E-state index contributed by atoms with van der Waals surface area (Å²) in [4.78, 5) is 12.5. The molecule has 20 heavy (non-hydrogen) atoms. The Morgan fingerprint density at radius 1 is 1.55 bits per heavy atom. The number of hydrogen-bond acceptors (Lipinski definition) is 4. The Kier molecular flexibility index (Phi) is 3.16. The molecule has 0 aromatic rings. The van der Waals surface area contributed by atoms with E-state index >= 15 is 0 Å². The lowest BCUT2D eigenvalue weighted by molar-refractivity contribution is -0.227. The van der Waals surface area contributed by atoms with Crippen molar-refractivity contribution in [2.24, 2.45) is 17.8 Å². The minimum Gasteiger partial charge on any atom is -0.377 e. The lowest BCUT2D eigenvalue weighted by atomic mass is 9.55. The fraction of sp³-hybridized carbons (Fsp3) is 0.688. The molecule has 1 aliphatic heterocycles. The fourth-order valence-corrected chi connectivity index (χ4v) is 4.17. The van der Waals surface area contributed by atoms with Gasteiger partial charge in [0.1, 0.15) is 0 Å². The van der Waals surface area contributed by atoms with Gasteiger partial charge < -0.3 is 14.6 Å². The van der Waals surface area contributed by atoms with Crippen LogP contribution in [0.25, 0.3) is 0 Å². The maximum atomic E-state index is 12.5. The molecular formula is C16H22O4. The van der Waals surface area contributed by atoms with Crippen molar-refractivity contribution in [3.8, 4) is 0 Å². The molecule has 3 rings (SSSR count). The molecule has 6 atom stereocenters. The van der Waals surface area contributed by atoms with Crippen LogP contribution in [0.4, 0.5) is 0 Å². The second-order valence-corrected chi connectivity index (χ2v) is 6.39. The van der Waals surface area contributed by atoms with E-state index in [-0.39, 0.29) is 29.6 Å². The summed E-state index contributed by atoms with van der Waals surface area (Å²) >= 11 is 0. The first-order chi connectivity index (χ1) is 9.41. The third-order valence-electron chi connectivity index (χ3n) is 5.35. The van der Waals surface area contributed by atoms with Crippen molar-refractivity contribution >= 4 is 5.78 Å². The molecular weight excluding hydrogens is 256 g/mol. The van der Waals surface area contributed by atoms with Crippen LogP contribution >= 0.6 is 0 Å². The van der Waals surface area contributed by atoms with Gasteiger partial charge in [0.2, 0.25) is 0 Å². The molecule has 4 heteroatoms. The molecule has 6 unspecified atom stereocenters. The summed E-state index contributed by atoms with van der Waals surface area (Å²) in [7, 11) is 1.51. The summed E-state index contributed by atoms with van der Waals surface area (Å²) in [6, 6.07) is 0. The molecule has 0 spiro atoms. The van der Waals surface area contributed by atoms with E-state index in [1.54, 1.807) is 0 Å². The number of methoxy groups -OCH3 is 1. The molecule has 0 bridgehead atoms. The largest absolute Gasteiger partial charge is 0.377 e. The maximum Gasteiger partial charge on any atom is 0.183 e. The molecule has 0 radical (unpaired) electrons. The Labute approximate surface area is 119 Å². The standard InChI is InChI=1S/C16H22O4/c1-8-5-6-11-9(2)7-12(17)16(18)10(3)15(19-4)20-14(8)13(11)16/h5,9,11,13-15,18H,3,6-7H2,1-2,4H3. The molecule has 1 heterocycles. The van der Waals surface area contributed by atoms with Gasteiger partial charge in [-0.3, -0.25) is 4.79 Å². The van der Waals surface area contributed by atoms with Crippen molar-refractivity contribution in [2.45, 2.75) is 44.7 Å². The summed E-state index contributed by atoms with van der Waals surface area (Å²) in [6.07, 6.45) is 2.46. The third-order valence-corrected chi connectivity index (χ3v) is 5.35. The van der Waals surface area contributed by atoms with E-state index in [1.807, 2.05) is 6.92 Å². The zero-order valence-electron chi connectivity index (χ0n) is 12.3. The summed E-state index contributed by atoms with van der Waals surface area (Å²) in [6.45, 7) is 7.98. The van der Waals surface area contributed by atoms with Gasteiger partial charge in [-0.2, -0.15) is 0 Å². The van der Waals surface area contributed by atoms with Crippen molar-refractivity contribution in [1.29, 1.82) is 0 Å². The highest BCUT2D eigenvalue weighted by atomic mass is 16.7. The third kappa shape index (κ3) is 1.62. The highest BCUT2D eigenvalue weighted by Crippen LogP contribution is 2.53. The summed E-state index contributed by atoms with van der Waals surface area (Å²) in [5.74, 6) is 0.139. The van der Waals surface area contributed by atoms with Crippen molar-refractivity contribution < 1.29 is 19.4 Å². The molecule has 1 saturated heterocycles. The van der Waals surface area contributed by atoms with Gasteiger partial charge in [-0.05, 0) is 30.8 Å². The molecule has 1 saturated carbocycles. The van der Waals surface area contributed by atoms with E-state index < -0.39 is 11.9 Å². The number of Topliss-reactive ketones (excluding diaryl/α,β-unsaturated/α-hetero) is 1. The summed E-state index contributed by atoms with van der Waals surface area (Å²) < 4.78 is 11.2. The van der Waals surface area contributed by atoms with Gasteiger partial charge in [-0.1, -0.05) is 19.6 Å². The zero-order valence-corrected chi connectivity index (χ0v) is 12.3. The number of ether oxygens (including phenoxy) is 2. The van der Waals surface area contributed by atoms with Crippen molar-refractivity contribution in [3.05, 3.63) is 23.8 Å². The minimum absolute atomic E-state index is 0.138. The van der Waals surface area contributed by atoms with E-state index in [0.29, 0.717) is 12.0 Å². The van der Waals surface area contributed by atoms with E-state index in [1.165, 1.54) is 7.11 Å². The van der Waals surface area contributed by atoms with Crippen LogP contribution in [0.3, 0.4) is 0 Å². The Hall–Kier alpha value is -0.970. The number of rotatable bonds is 1. The van der Waals surface area contributed by atoms with Gasteiger partial charge in [0.25, 0.3) is 0 Å². The fourth-order valence-electron chi connectivity index (χ4n) is 4.17. The number of carbonyl (C=O) groups is 1. The van der Waals surface area contributed by atoms with Crippen LogP contribution in [-0.4, -0.2) is 36.0 Å². The average molecular weight is 278 g/mol. The average Bonchev–Trinajstić information content (AvgIpc) is 2.41. The number of aliphatic hydroxyl groups is 1. The second kappa shape index (κ2) is 4.52. The van der Waals surface area contributed by atoms with E-state index in [2.05, 4.69) is 19.6 Å². The zero-order chi connectivity index (χ0) is 14.7. The number of ketones is 1. The summed E-state index contributed by atoms with van der Waals surface area (Å²) in [5.41, 5.74) is -0.0741. The molecule has 4 nitrogen and oxygen atoms in total. The van der Waals surface area contributed by atoms with E-state index in [0.717, 1.165) is 12.0 Å². The molecule has 3 aliphatic rings. The van der Waals surface area contributed by atoms with Gasteiger partial charge in [0.15, 0.2) is 17.7 Å². The molecule has 110 valence electrons. The van der Waals surface area contributed by atoms with Crippen molar-refractivity contribution in [3.63, 3.8) is 0 Å². The van der Waals surface area contributed by atoms with Crippen LogP contribution in [0.1, 0.15) is 26.7 Å². The van der Waals surface area contributed by atoms with Crippen LogP contribution in [0.5, 0.6) is 0 Å². The lowest BCUT2D eigenvalue weighted by Crippen LogP contribution is -2.66. The Morgan fingerprint density at radius 2 is 2.25 bits per heavy atom. The quantitative estimate of drug-likeness (QED) is 0.744. The Morgan fingerprint density at radius 3 is 2.90 bits per heavy atom. The van der Waals surface area contributed by atoms with Crippen LogP contribution in [0.15, 0.2) is 23.8 Å². The SMILES string of the molecule is C=C1C(OC)OC2C(C)=CCC3C(C)CC(=O)C1(O)C23. The molecule has 1 N–H and O–H groups in total. The smallest absolute Gasteiger partial charge is 0.183 e. The van der Waals surface area contributed by atoms with Gasteiger partial charge in [-0.15, -0.1) is 0 Å². The minimum atomic E-state index is -1.50. The number of carbonyl (C=O) groups excluding carboxylic acids is 1. The molecule has 0 aromatic heterocycles. The highest BCUT2D eigenvalue weighted by Gasteiger charge is 2.62. The molecule has 2 aliphatic carbocycles. The van der Waals surface area contributed by atoms with Crippen LogP contribution in [0.2, 0.25) is 0 Å². The number of allylic oxidation sites excluding steroid dienone is 1. The summed E-state index contributed by atoms with van der Waals surface area (Å²) in [5, 5.41) is 11.1. The molecule has 0 amide bonds. The first-order valence-corrected chi connectivity index (χ1v) is 7.21. The van der Waals surface area contributed by atoms with E-state index in [4.69, 9.17) is 9.47 Å². The van der Waals surface area contributed by atoms with Gasteiger partial charge in [-0.25, -0.2) is 0 Å². The Balaban J connectivity index is 2.12. The second-order valence-electron chi connectivity index (χ2n) is 6.39. The predicted molar refractivity (Wildman–Crippen MR) is 73.9 cm³/mol. The predicted octanol–water partition coefficient (Wildman–Crippen LogP) is 1.84. The van der Waals surface area contributed by atoms with Crippen LogP contribution in [-0.2, 0) is 14.3 Å². The highest BCUT2D eigenvalue weighted by molar-refractivity contribution is 5.92. The Bertz CT molecular complexity index is 495. The first-order valence-electron chi connectivity index (χ1n) is 7.21. The van der Waals surface area contributed by atoms with Crippen LogP contribution in [0, 0.1) is 17.8 Å². The number of hydrogen-bond donors (Lipinski definition) is 1. The van der Waals surface area contributed by atoms with Crippen LogP contribution < -0.4 is 0 Å². The lowest BCUT2D eigenvalue weighted by Gasteiger charge is -2.56. The van der Waals surface area contributed by atoms with Crippen molar-refractivity contribution in [1.82, 2.24) is 0 Å². The molecule has 0 aromatic carbocycles.